The van der Waals surface area contributed by atoms with Crippen molar-refractivity contribution < 1.29 is 14.7 Å². The zero-order valence-corrected chi connectivity index (χ0v) is 22.5. The predicted octanol–water partition coefficient (Wildman–Crippen LogP) is 1.90. The van der Waals surface area contributed by atoms with Crippen molar-refractivity contribution in [3.63, 3.8) is 0 Å². The molecule has 1 aliphatic rings. The number of carbonyl (C=O) groups excluding carboxylic acids is 2. The summed E-state index contributed by atoms with van der Waals surface area (Å²) in [6.45, 7) is 3.62. The molecule has 12 heteroatoms. The number of aromatic nitrogens is 2. The van der Waals surface area contributed by atoms with Gasteiger partial charge in [-0.3, -0.25) is 24.4 Å². The lowest BCUT2D eigenvalue weighted by Crippen LogP contribution is -2.34. The average Bonchev–Trinajstić information content (AvgIpc) is 3.73. The number of hydrogen-bond donors (Lipinski definition) is 7. The minimum Gasteiger partial charge on any atom is -0.507 e. The molecule has 1 aliphatic carbocycles. The third-order valence-electron chi connectivity index (χ3n) is 6.62. The molecule has 0 bridgehead atoms. The molecule has 210 valence electrons. The predicted molar refractivity (Wildman–Crippen MR) is 153 cm³/mol. The fourth-order valence-electron chi connectivity index (χ4n) is 4.05. The molecule has 0 spiro atoms. The molecule has 1 heterocycles. The Morgan fingerprint density at radius 1 is 1.23 bits per heavy atom. The summed E-state index contributed by atoms with van der Waals surface area (Å²) in [6, 6.07) is 9.48. The van der Waals surface area contributed by atoms with Gasteiger partial charge in [0, 0.05) is 35.4 Å². The van der Waals surface area contributed by atoms with Crippen LogP contribution in [0.4, 0.5) is 11.5 Å². The standard InChI is InChI=1S/C28H34N8O4/c1-3-15(2)34-27(39)18-9-17(10-19(29)11-18)22-13-33-26(35-20-5-6-20)28(40)36(22)14-24(38)32-12-16-4-7-21(25(30)31)23(37)8-16/h4,7-11,13,15,20,37H,3,5-6,12,14,29H2,1-2H3,(H3,30,31)(H,32,38)(H,33,35)(H,34,39). The van der Waals surface area contributed by atoms with Gasteiger partial charge in [-0.1, -0.05) is 13.0 Å². The van der Waals surface area contributed by atoms with Crippen LogP contribution in [-0.4, -0.2) is 44.4 Å². The largest absolute Gasteiger partial charge is 0.507 e. The van der Waals surface area contributed by atoms with Crippen molar-refractivity contribution in [2.45, 2.75) is 58.3 Å². The van der Waals surface area contributed by atoms with Gasteiger partial charge in [-0.25, -0.2) is 4.98 Å². The van der Waals surface area contributed by atoms with E-state index in [9.17, 15) is 19.5 Å². The number of hydrogen-bond acceptors (Lipinski definition) is 8. The Morgan fingerprint density at radius 3 is 2.62 bits per heavy atom. The maximum atomic E-state index is 13.5. The maximum absolute atomic E-state index is 13.5. The van der Waals surface area contributed by atoms with Crippen LogP contribution < -0.4 is 33.0 Å². The molecule has 40 heavy (non-hydrogen) atoms. The quantitative estimate of drug-likeness (QED) is 0.107. The van der Waals surface area contributed by atoms with E-state index in [-0.39, 0.29) is 54.0 Å². The number of anilines is 2. The van der Waals surface area contributed by atoms with Crippen LogP contribution in [-0.2, 0) is 17.9 Å². The Bertz CT molecular complexity index is 1510. The van der Waals surface area contributed by atoms with Crippen LogP contribution in [0.3, 0.4) is 0 Å². The van der Waals surface area contributed by atoms with Crippen LogP contribution >= 0.6 is 0 Å². The Balaban J connectivity index is 1.62. The van der Waals surface area contributed by atoms with E-state index >= 15 is 0 Å². The van der Waals surface area contributed by atoms with Gasteiger partial charge < -0.3 is 32.5 Å². The highest BCUT2D eigenvalue weighted by molar-refractivity contribution is 5.97. The van der Waals surface area contributed by atoms with Gasteiger partial charge in [0.2, 0.25) is 5.91 Å². The van der Waals surface area contributed by atoms with Gasteiger partial charge in [-0.05, 0) is 62.1 Å². The number of amidine groups is 1. The highest BCUT2D eigenvalue weighted by Crippen LogP contribution is 2.26. The highest BCUT2D eigenvalue weighted by atomic mass is 16.3. The van der Waals surface area contributed by atoms with Gasteiger partial charge in [-0.15, -0.1) is 0 Å². The van der Waals surface area contributed by atoms with Crippen molar-refractivity contribution in [2.24, 2.45) is 5.73 Å². The number of amides is 2. The van der Waals surface area contributed by atoms with Gasteiger partial charge in [-0.2, -0.15) is 0 Å². The molecular formula is C28H34N8O4. The number of phenolic OH excluding ortho intramolecular Hbond substituents is 1. The molecule has 9 N–H and O–H groups in total. The molecule has 1 fully saturated rings. The fraction of sp³-hybridized carbons (Fsp3) is 0.321. The lowest BCUT2D eigenvalue weighted by molar-refractivity contribution is -0.121. The molecule has 0 aliphatic heterocycles. The van der Waals surface area contributed by atoms with E-state index in [2.05, 4.69) is 20.9 Å². The highest BCUT2D eigenvalue weighted by Gasteiger charge is 2.24. The number of carbonyl (C=O) groups is 2. The van der Waals surface area contributed by atoms with Crippen molar-refractivity contribution in [3.05, 3.63) is 69.6 Å². The van der Waals surface area contributed by atoms with Crippen molar-refractivity contribution in [3.8, 4) is 17.0 Å². The lowest BCUT2D eigenvalue weighted by Gasteiger charge is -2.17. The first-order valence-electron chi connectivity index (χ1n) is 13.1. The lowest BCUT2D eigenvalue weighted by atomic mass is 10.1. The van der Waals surface area contributed by atoms with Gasteiger partial charge in [0.25, 0.3) is 11.5 Å². The third kappa shape index (κ3) is 6.76. The first-order chi connectivity index (χ1) is 19.0. The zero-order valence-electron chi connectivity index (χ0n) is 22.5. The minimum absolute atomic E-state index is 0.0331. The van der Waals surface area contributed by atoms with Crippen LogP contribution in [0.2, 0.25) is 0 Å². The van der Waals surface area contributed by atoms with Gasteiger partial charge in [0.05, 0.1) is 17.5 Å². The number of benzene rings is 2. The second-order valence-corrected chi connectivity index (χ2v) is 9.97. The van der Waals surface area contributed by atoms with E-state index in [0.29, 0.717) is 28.1 Å². The average molecular weight is 547 g/mol. The Labute approximate surface area is 231 Å². The topological polar surface area (TPSA) is 201 Å². The van der Waals surface area contributed by atoms with Crippen LogP contribution in [0.25, 0.3) is 11.3 Å². The smallest absolute Gasteiger partial charge is 0.294 e. The number of rotatable bonds is 11. The van der Waals surface area contributed by atoms with E-state index in [0.717, 1.165) is 19.3 Å². The summed E-state index contributed by atoms with van der Waals surface area (Å²) in [6.07, 6.45) is 4.11. The van der Waals surface area contributed by atoms with Crippen molar-refractivity contribution in [1.82, 2.24) is 20.2 Å². The number of nitrogens with one attached hydrogen (secondary N) is 4. The van der Waals surface area contributed by atoms with Crippen LogP contribution in [0.1, 0.15) is 54.6 Å². The van der Waals surface area contributed by atoms with E-state index in [1.807, 2.05) is 13.8 Å². The molecule has 12 nitrogen and oxygen atoms in total. The van der Waals surface area contributed by atoms with E-state index in [1.54, 1.807) is 24.3 Å². The molecule has 2 aromatic carbocycles. The minimum atomic E-state index is -0.476. The summed E-state index contributed by atoms with van der Waals surface area (Å²) in [7, 11) is 0. The number of nitrogens with two attached hydrogens (primary N) is 2. The molecule has 0 saturated heterocycles. The summed E-state index contributed by atoms with van der Waals surface area (Å²) in [5.74, 6) is -1.05. The fourth-order valence-corrected chi connectivity index (χ4v) is 4.05. The monoisotopic (exact) mass is 546 g/mol. The second kappa shape index (κ2) is 11.9. The first kappa shape index (κ1) is 28.1. The van der Waals surface area contributed by atoms with Crippen molar-refractivity contribution in [2.75, 3.05) is 11.1 Å². The van der Waals surface area contributed by atoms with Gasteiger partial charge in [0.1, 0.15) is 18.1 Å². The van der Waals surface area contributed by atoms with Gasteiger partial charge >= 0.3 is 0 Å². The summed E-state index contributed by atoms with van der Waals surface area (Å²) in [5, 5.41) is 26.3. The second-order valence-electron chi connectivity index (χ2n) is 9.97. The zero-order chi connectivity index (χ0) is 29.0. The van der Waals surface area contributed by atoms with Crippen LogP contribution in [0.15, 0.2) is 47.4 Å². The van der Waals surface area contributed by atoms with E-state index in [1.165, 1.54) is 22.9 Å². The molecule has 4 rings (SSSR count). The normalized spacial score (nSPS) is 13.3. The molecule has 2 amide bonds. The van der Waals surface area contributed by atoms with Crippen molar-refractivity contribution >= 4 is 29.2 Å². The molecule has 1 saturated carbocycles. The first-order valence-corrected chi connectivity index (χ1v) is 13.1. The number of nitrogens with zero attached hydrogens (tertiary/aromatic N) is 2. The number of aromatic hydroxyl groups is 1. The molecule has 1 atom stereocenters. The van der Waals surface area contributed by atoms with Crippen LogP contribution in [0, 0.1) is 5.41 Å². The SMILES string of the molecule is CCC(C)NC(=O)c1cc(N)cc(-c2cnc(NC3CC3)c(=O)n2CC(=O)NCc2ccc(C(=N)N)c(O)c2)c1. The summed E-state index contributed by atoms with van der Waals surface area (Å²) in [4.78, 5) is 43.6. The molecular weight excluding hydrogens is 512 g/mol. The summed E-state index contributed by atoms with van der Waals surface area (Å²) >= 11 is 0. The molecule has 3 aromatic rings. The van der Waals surface area contributed by atoms with E-state index < -0.39 is 11.5 Å². The third-order valence-corrected chi connectivity index (χ3v) is 6.62. The van der Waals surface area contributed by atoms with Gasteiger partial charge in [0.15, 0.2) is 5.82 Å². The van der Waals surface area contributed by atoms with Crippen LogP contribution in [0.5, 0.6) is 5.75 Å². The van der Waals surface area contributed by atoms with E-state index in [4.69, 9.17) is 16.9 Å². The Morgan fingerprint density at radius 2 is 1.98 bits per heavy atom. The Hall–Kier alpha value is -4.87. The summed E-state index contributed by atoms with van der Waals surface area (Å²) in [5.41, 5.74) is 13.3. The van der Waals surface area contributed by atoms with Crippen molar-refractivity contribution in [1.29, 1.82) is 5.41 Å². The molecule has 1 aromatic heterocycles. The molecule has 1 unspecified atom stereocenters. The number of nitrogen functional groups attached to an aromatic ring is 2. The Kier molecular flexibility index (Phi) is 8.37. The number of phenols is 1. The summed E-state index contributed by atoms with van der Waals surface area (Å²) < 4.78 is 1.30. The maximum Gasteiger partial charge on any atom is 0.294 e. The molecule has 0 radical (unpaired) electrons.